The fourth-order valence-electron chi connectivity index (χ4n) is 2.81. The van der Waals surface area contributed by atoms with Gasteiger partial charge in [-0.1, -0.05) is 19.8 Å². The minimum Gasteiger partial charge on any atom is -0.350 e. The van der Waals surface area contributed by atoms with Gasteiger partial charge in [-0.05, 0) is 37.7 Å². The minimum atomic E-state index is -0.0328. The van der Waals surface area contributed by atoms with Gasteiger partial charge in [-0.25, -0.2) is 0 Å². The molecule has 1 aliphatic rings. The van der Waals surface area contributed by atoms with E-state index in [1.807, 2.05) is 0 Å². The lowest BCUT2D eigenvalue weighted by atomic mass is 9.83. The summed E-state index contributed by atoms with van der Waals surface area (Å²) in [6.45, 7) is 2.24. The van der Waals surface area contributed by atoms with E-state index in [1.165, 1.54) is 25.7 Å². The van der Waals surface area contributed by atoms with Crippen LogP contribution in [0, 0.1) is 5.92 Å². The molecule has 0 atom stereocenters. The molecular formula is C16H23N3O. The second-order valence-corrected chi connectivity index (χ2v) is 5.48. The average molecular weight is 273 g/mol. The summed E-state index contributed by atoms with van der Waals surface area (Å²) in [5.74, 6) is 0.831. The lowest BCUT2D eigenvalue weighted by Gasteiger charge is -2.28. The maximum atomic E-state index is 11.8. The molecule has 1 saturated carbocycles. The Labute approximate surface area is 120 Å². The predicted molar refractivity (Wildman–Crippen MR) is 79.9 cm³/mol. The zero-order valence-electron chi connectivity index (χ0n) is 12.1. The summed E-state index contributed by atoms with van der Waals surface area (Å²) in [6.07, 6.45) is 15.4. The van der Waals surface area contributed by atoms with Gasteiger partial charge in [0.05, 0.1) is 11.9 Å². The summed E-state index contributed by atoms with van der Waals surface area (Å²) >= 11 is 0. The van der Waals surface area contributed by atoms with Crippen molar-refractivity contribution >= 4 is 12.0 Å². The van der Waals surface area contributed by atoms with Crippen molar-refractivity contribution in [2.24, 2.45) is 5.92 Å². The van der Waals surface area contributed by atoms with Gasteiger partial charge in [-0.3, -0.25) is 14.8 Å². The average Bonchev–Trinajstić information content (AvgIpc) is 2.49. The van der Waals surface area contributed by atoms with E-state index in [0.29, 0.717) is 11.7 Å². The van der Waals surface area contributed by atoms with Gasteiger partial charge in [-0.2, -0.15) is 0 Å². The normalized spacial score (nSPS) is 22.9. The third-order valence-corrected chi connectivity index (χ3v) is 3.88. The molecule has 2 rings (SSSR count). The van der Waals surface area contributed by atoms with E-state index in [4.69, 9.17) is 0 Å². The summed E-state index contributed by atoms with van der Waals surface area (Å²) in [5.41, 5.74) is 0.703. The van der Waals surface area contributed by atoms with Crippen LogP contribution in [-0.2, 0) is 4.79 Å². The standard InChI is InChI=1S/C16H23N3O/c1-2-3-13-4-6-14(7-5-13)19-16(20)9-8-15-12-17-10-11-18-15/h8-14H,2-7H2,1H3,(H,19,20)/b9-8+. The van der Waals surface area contributed by atoms with Gasteiger partial charge in [0.2, 0.25) is 5.91 Å². The summed E-state index contributed by atoms with van der Waals surface area (Å²) < 4.78 is 0. The molecule has 0 unspecified atom stereocenters. The van der Waals surface area contributed by atoms with Gasteiger partial charge in [0.15, 0.2) is 0 Å². The van der Waals surface area contributed by atoms with Crippen molar-refractivity contribution < 1.29 is 4.79 Å². The van der Waals surface area contributed by atoms with E-state index >= 15 is 0 Å². The summed E-state index contributed by atoms with van der Waals surface area (Å²) in [5, 5.41) is 3.08. The topological polar surface area (TPSA) is 54.9 Å². The van der Waals surface area contributed by atoms with Crippen molar-refractivity contribution in [2.75, 3.05) is 0 Å². The van der Waals surface area contributed by atoms with Crippen LogP contribution < -0.4 is 5.32 Å². The summed E-state index contributed by atoms with van der Waals surface area (Å²) in [7, 11) is 0. The van der Waals surface area contributed by atoms with E-state index in [0.717, 1.165) is 18.8 Å². The molecule has 1 aromatic rings. The molecule has 0 radical (unpaired) electrons. The van der Waals surface area contributed by atoms with Crippen LogP contribution in [0.15, 0.2) is 24.7 Å². The monoisotopic (exact) mass is 273 g/mol. The van der Waals surface area contributed by atoms with Gasteiger partial charge in [0.25, 0.3) is 0 Å². The molecule has 108 valence electrons. The summed E-state index contributed by atoms with van der Waals surface area (Å²) in [4.78, 5) is 19.9. The Bertz CT molecular complexity index is 436. The van der Waals surface area contributed by atoms with Crippen LogP contribution in [0.1, 0.15) is 51.1 Å². The Morgan fingerprint density at radius 3 is 2.80 bits per heavy atom. The zero-order chi connectivity index (χ0) is 14.2. The van der Waals surface area contributed by atoms with Crippen LogP contribution in [0.25, 0.3) is 6.08 Å². The molecule has 0 spiro atoms. The Kier molecular flexibility index (Phi) is 5.71. The highest BCUT2D eigenvalue weighted by molar-refractivity contribution is 5.91. The minimum absolute atomic E-state index is 0.0328. The van der Waals surface area contributed by atoms with Crippen LogP contribution in [-0.4, -0.2) is 21.9 Å². The second kappa shape index (κ2) is 7.78. The van der Waals surface area contributed by atoms with Crippen LogP contribution in [0.3, 0.4) is 0 Å². The van der Waals surface area contributed by atoms with Crippen LogP contribution in [0.2, 0.25) is 0 Å². The number of carbonyl (C=O) groups excluding carboxylic acids is 1. The van der Waals surface area contributed by atoms with Gasteiger partial charge in [0.1, 0.15) is 0 Å². The van der Waals surface area contributed by atoms with Crippen molar-refractivity contribution in [3.63, 3.8) is 0 Å². The number of hydrogen-bond acceptors (Lipinski definition) is 3. The number of amides is 1. The molecule has 20 heavy (non-hydrogen) atoms. The second-order valence-electron chi connectivity index (χ2n) is 5.48. The third kappa shape index (κ3) is 4.76. The first-order chi connectivity index (χ1) is 9.78. The van der Waals surface area contributed by atoms with E-state index in [2.05, 4.69) is 22.2 Å². The van der Waals surface area contributed by atoms with Gasteiger partial charge < -0.3 is 5.32 Å². The van der Waals surface area contributed by atoms with E-state index < -0.39 is 0 Å². The highest BCUT2D eigenvalue weighted by Gasteiger charge is 2.21. The third-order valence-electron chi connectivity index (χ3n) is 3.88. The maximum Gasteiger partial charge on any atom is 0.244 e. The first-order valence-corrected chi connectivity index (χ1v) is 7.52. The maximum absolute atomic E-state index is 11.8. The number of nitrogens with zero attached hydrogens (tertiary/aromatic N) is 2. The van der Waals surface area contributed by atoms with Crippen molar-refractivity contribution in [1.29, 1.82) is 0 Å². The molecule has 1 heterocycles. The molecule has 1 fully saturated rings. The molecule has 1 aromatic heterocycles. The molecule has 0 aromatic carbocycles. The van der Waals surface area contributed by atoms with Gasteiger partial charge in [-0.15, -0.1) is 0 Å². The van der Waals surface area contributed by atoms with Gasteiger partial charge in [0, 0.05) is 24.5 Å². The zero-order valence-corrected chi connectivity index (χ0v) is 12.1. The lowest BCUT2D eigenvalue weighted by molar-refractivity contribution is -0.117. The highest BCUT2D eigenvalue weighted by atomic mass is 16.1. The smallest absolute Gasteiger partial charge is 0.244 e. The lowest BCUT2D eigenvalue weighted by Crippen LogP contribution is -2.36. The van der Waals surface area contributed by atoms with E-state index in [1.54, 1.807) is 30.7 Å². The molecule has 0 aliphatic heterocycles. The number of aromatic nitrogens is 2. The quantitative estimate of drug-likeness (QED) is 0.839. The first kappa shape index (κ1) is 14.7. The Morgan fingerprint density at radius 1 is 1.35 bits per heavy atom. The van der Waals surface area contributed by atoms with E-state index in [9.17, 15) is 4.79 Å². The van der Waals surface area contributed by atoms with Crippen molar-refractivity contribution in [3.05, 3.63) is 30.4 Å². The SMILES string of the molecule is CCCC1CCC(NC(=O)/C=C/c2cnccn2)CC1. The Balaban J connectivity index is 1.74. The van der Waals surface area contributed by atoms with Crippen LogP contribution in [0.4, 0.5) is 0 Å². The molecule has 4 heteroatoms. The summed E-state index contributed by atoms with van der Waals surface area (Å²) in [6, 6.07) is 0.335. The van der Waals surface area contributed by atoms with Crippen LogP contribution >= 0.6 is 0 Å². The molecule has 0 saturated heterocycles. The molecule has 4 nitrogen and oxygen atoms in total. The van der Waals surface area contributed by atoms with Crippen molar-refractivity contribution in [3.8, 4) is 0 Å². The number of rotatable bonds is 5. The van der Waals surface area contributed by atoms with Gasteiger partial charge >= 0.3 is 0 Å². The van der Waals surface area contributed by atoms with E-state index in [-0.39, 0.29) is 5.91 Å². The fourth-order valence-corrected chi connectivity index (χ4v) is 2.81. The van der Waals surface area contributed by atoms with Crippen molar-refractivity contribution in [2.45, 2.75) is 51.5 Å². The molecule has 1 amide bonds. The first-order valence-electron chi connectivity index (χ1n) is 7.52. The molecule has 0 bridgehead atoms. The number of nitrogens with one attached hydrogen (secondary N) is 1. The Morgan fingerprint density at radius 2 is 2.15 bits per heavy atom. The number of carbonyl (C=O) groups is 1. The number of hydrogen-bond donors (Lipinski definition) is 1. The predicted octanol–water partition coefficient (Wildman–Crippen LogP) is 2.96. The largest absolute Gasteiger partial charge is 0.350 e. The molecule has 1 aliphatic carbocycles. The van der Waals surface area contributed by atoms with Crippen LogP contribution in [0.5, 0.6) is 0 Å². The Hall–Kier alpha value is -1.71. The molecular weight excluding hydrogens is 250 g/mol. The molecule has 1 N–H and O–H groups in total. The highest BCUT2D eigenvalue weighted by Crippen LogP contribution is 2.27. The fraction of sp³-hybridized carbons (Fsp3) is 0.562. The van der Waals surface area contributed by atoms with Crippen molar-refractivity contribution in [1.82, 2.24) is 15.3 Å².